The molecule has 13 rings (SSSR count). The van der Waals surface area contributed by atoms with Crippen LogP contribution in [0.2, 0.25) is 0 Å². The number of thiophene rings is 1. The summed E-state index contributed by atoms with van der Waals surface area (Å²) >= 11 is 2.14. The number of fused-ring (bicyclic) bond motifs is 7. The molecule has 0 saturated carbocycles. The molecule has 1 fully saturated rings. The van der Waals surface area contributed by atoms with Crippen LogP contribution in [0.25, 0.3) is 27.3 Å². The van der Waals surface area contributed by atoms with E-state index in [2.05, 4.69) is 191 Å². The summed E-state index contributed by atoms with van der Waals surface area (Å²) < 4.78 is 0. The number of nitrogens with one attached hydrogen (secondary N) is 1. The second-order valence-electron chi connectivity index (χ2n) is 19.7. The summed E-state index contributed by atoms with van der Waals surface area (Å²) in [7, 11) is 0. The molecule has 0 radical (unpaired) electrons. The van der Waals surface area contributed by atoms with Crippen LogP contribution in [-0.2, 0) is 19.3 Å². The fourth-order valence-electron chi connectivity index (χ4n) is 12.6. The van der Waals surface area contributed by atoms with E-state index in [1.807, 2.05) is 0 Å². The highest BCUT2D eigenvalue weighted by Gasteiger charge is 2.48. The Morgan fingerprint density at radius 2 is 1.38 bits per heavy atom. The van der Waals surface area contributed by atoms with Crippen LogP contribution >= 0.6 is 11.3 Å². The highest BCUT2D eigenvalue weighted by atomic mass is 32.1. The van der Waals surface area contributed by atoms with Crippen LogP contribution in [0.15, 0.2) is 197 Å². The normalized spacial score (nSPS) is 25.1. The third kappa shape index (κ3) is 7.53. The summed E-state index contributed by atoms with van der Waals surface area (Å²) in [4.78, 5) is 11.5. The quantitative estimate of drug-likeness (QED) is 0.165. The number of allylic oxidation sites excluding steroid dienone is 8. The highest BCUT2D eigenvalue weighted by molar-refractivity contribution is 7.12. The molecule has 0 spiro atoms. The van der Waals surface area contributed by atoms with E-state index >= 15 is 0 Å². The summed E-state index contributed by atoms with van der Waals surface area (Å²) in [6.07, 6.45) is 22.5. The maximum Gasteiger partial charge on any atom is 0.0456 e. The van der Waals surface area contributed by atoms with E-state index in [1.54, 1.807) is 26.5 Å². The Balaban J connectivity index is 0.910. The van der Waals surface area contributed by atoms with Crippen LogP contribution < -0.4 is 10.2 Å². The zero-order valence-corrected chi connectivity index (χ0v) is 39.4. The number of benzene rings is 5. The lowest BCUT2D eigenvalue weighted by atomic mass is 9.73. The van der Waals surface area contributed by atoms with Crippen molar-refractivity contribution in [2.24, 2.45) is 10.9 Å². The molecule has 1 saturated heterocycles. The van der Waals surface area contributed by atoms with Crippen LogP contribution in [0.5, 0.6) is 0 Å². The van der Waals surface area contributed by atoms with Gasteiger partial charge in [0.05, 0.1) is 0 Å². The maximum atomic E-state index is 5.61. The van der Waals surface area contributed by atoms with Crippen molar-refractivity contribution >= 4 is 28.4 Å². The van der Waals surface area contributed by atoms with Gasteiger partial charge in [-0.2, -0.15) is 0 Å². The Bertz CT molecular complexity index is 3050. The van der Waals surface area contributed by atoms with Gasteiger partial charge in [0.1, 0.15) is 0 Å². The first-order valence-electron chi connectivity index (χ1n) is 25.2. The molecule has 1 aromatic heterocycles. The van der Waals surface area contributed by atoms with E-state index in [1.165, 1.54) is 56.9 Å². The van der Waals surface area contributed by atoms with Crippen LogP contribution in [0.4, 0.5) is 5.69 Å². The minimum absolute atomic E-state index is 0.250. The van der Waals surface area contributed by atoms with Gasteiger partial charge in [0.2, 0.25) is 0 Å². The Kier molecular flexibility index (Phi) is 11.0. The average Bonchev–Trinajstić information content (AvgIpc) is 3.97. The maximum absolute atomic E-state index is 5.61. The van der Waals surface area contributed by atoms with Gasteiger partial charge in [-0.25, -0.2) is 0 Å². The summed E-state index contributed by atoms with van der Waals surface area (Å²) in [5, 5.41) is 15.1. The van der Waals surface area contributed by atoms with Crippen molar-refractivity contribution in [1.29, 1.82) is 0 Å². The molecule has 4 aliphatic carbocycles. The SMILES string of the molecule is C1=CC(c2ccc(C3CNC(C4CCc5sc6c(c5C4)C4C5=CCCC=C5N(c5ccccc5)C4CC6)=C(C4N=C(c5ccccc5)[N-]C(c5ccccc5)[N-]4)C3)cc2-c2ccccc2)=CCC1. The lowest BCUT2D eigenvalue weighted by molar-refractivity contribution is 0.439. The molecular formula is C62H57N5S-2. The number of para-hydroxylation sites is 1. The molecule has 4 heterocycles. The van der Waals surface area contributed by atoms with Gasteiger partial charge in [-0.15, -0.1) is 23.7 Å². The predicted octanol–water partition coefficient (Wildman–Crippen LogP) is 15.0. The van der Waals surface area contributed by atoms with Crippen LogP contribution in [-0.4, -0.2) is 24.6 Å². The Morgan fingerprint density at radius 1 is 0.647 bits per heavy atom. The molecule has 1 N–H and O–H groups in total. The molecule has 338 valence electrons. The molecule has 6 heteroatoms. The van der Waals surface area contributed by atoms with Crippen LogP contribution in [0.3, 0.4) is 0 Å². The summed E-state index contributed by atoms with van der Waals surface area (Å²) in [5.74, 6) is 1.81. The van der Waals surface area contributed by atoms with E-state index in [4.69, 9.17) is 15.6 Å². The van der Waals surface area contributed by atoms with E-state index in [0.29, 0.717) is 17.9 Å². The Hall–Kier alpha value is -6.47. The van der Waals surface area contributed by atoms with Crippen molar-refractivity contribution in [3.63, 3.8) is 0 Å². The van der Waals surface area contributed by atoms with E-state index in [0.717, 1.165) is 81.3 Å². The van der Waals surface area contributed by atoms with Crippen molar-refractivity contribution in [1.82, 2.24) is 5.32 Å². The molecule has 6 atom stereocenters. The molecule has 7 aliphatic rings. The van der Waals surface area contributed by atoms with Gasteiger partial charge >= 0.3 is 0 Å². The van der Waals surface area contributed by atoms with Crippen molar-refractivity contribution < 1.29 is 0 Å². The number of nitrogens with zero attached hydrogens (tertiary/aromatic N) is 4. The Labute approximate surface area is 405 Å². The number of anilines is 1. The van der Waals surface area contributed by atoms with Crippen molar-refractivity contribution in [3.8, 4) is 11.1 Å². The molecular weight excluding hydrogens is 847 g/mol. The number of hydrogen-bond donors (Lipinski definition) is 1. The van der Waals surface area contributed by atoms with Crippen LogP contribution in [0, 0.1) is 5.92 Å². The Morgan fingerprint density at radius 3 is 2.18 bits per heavy atom. The second-order valence-corrected chi connectivity index (χ2v) is 20.9. The monoisotopic (exact) mass is 903 g/mol. The van der Waals surface area contributed by atoms with E-state index in [9.17, 15) is 0 Å². The average molecular weight is 904 g/mol. The second kappa shape index (κ2) is 17.9. The first-order chi connectivity index (χ1) is 33.7. The van der Waals surface area contributed by atoms with Crippen LogP contribution in [0.1, 0.15) is 106 Å². The third-order valence-corrected chi connectivity index (χ3v) is 17.1. The van der Waals surface area contributed by atoms with Gasteiger partial charge in [-0.05, 0) is 126 Å². The molecule has 68 heavy (non-hydrogen) atoms. The summed E-state index contributed by atoms with van der Waals surface area (Å²) in [6.45, 7) is 0.881. The zero-order valence-electron chi connectivity index (χ0n) is 38.6. The summed E-state index contributed by atoms with van der Waals surface area (Å²) in [5.41, 5.74) is 19.1. The van der Waals surface area contributed by atoms with Crippen molar-refractivity contribution in [2.75, 3.05) is 11.4 Å². The molecule has 5 aromatic carbocycles. The molecule has 6 aromatic rings. The van der Waals surface area contributed by atoms with Gasteiger partial charge in [-0.1, -0.05) is 175 Å². The van der Waals surface area contributed by atoms with Gasteiger partial charge in [-0.3, -0.25) is 0 Å². The topological polar surface area (TPSA) is 55.8 Å². The number of aliphatic imine (C=N–C) groups is 1. The summed E-state index contributed by atoms with van der Waals surface area (Å²) in [6, 6.07) is 51.1. The van der Waals surface area contributed by atoms with E-state index < -0.39 is 0 Å². The largest absolute Gasteiger partial charge is 0.651 e. The molecule has 6 unspecified atom stereocenters. The fourth-order valence-corrected chi connectivity index (χ4v) is 14.0. The number of aryl methyl sites for hydroxylation is 2. The standard InChI is InChI=1S/C62H57N5S/c1-6-18-40(19-7-1)48-32-30-44(36-50(48)41-20-8-2-9-21-41)46-38-52(62-65-60(42-22-10-3-11-23-42)64-61(66-62)43-24-12-4-13-25-43)59(63-39-46)45-31-34-55-51(37-45)58-56(68-55)35-33-54-57(58)49-28-16-17-29-53(49)67(54)47-26-14-5-15-27-47/h2-6,8-15,18-30,32,36,45-46,54,57,60,62-63H,1,7,16-17,31,33-35,37-39H2/q-2. The molecule has 5 nitrogen and oxygen atoms in total. The molecule has 3 aliphatic heterocycles. The first kappa shape index (κ1) is 41.7. The lowest BCUT2D eigenvalue weighted by Gasteiger charge is -2.54. The van der Waals surface area contributed by atoms with Crippen molar-refractivity contribution in [3.05, 3.63) is 246 Å². The molecule has 0 amide bonds. The van der Waals surface area contributed by atoms with Gasteiger partial charge in [0, 0.05) is 57.2 Å². The fraction of sp³-hybridized carbons (Fsp3) is 0.274. The van der Waals surface area contributed by atoms with Gasteiger partial charge in [0.25, 0.3) is 0 Å². The highest BCUT2D eigenvalue weighted by Crippen LogP contribution is 2.57. The minimum Gasteiger partial charge on any atom is -0.651 e. The van der Waals surface area contributed by atoms with Crippen molar-refractivity contribution in [2.45, 2.75) is 94.4 Å². The number of rotatable bonds is 8. The predicted molar refractivity (Wildman–Crippen MR) is 282 cm³/mol. The van der Waals surface area contributed by atoms with Gasteiger partial charge < -0.3 is 25.8 Å². The van der Waals surface area contributed by atoms with E-state index in [-0.39, 0.29) is 18.2 Å². The number of amidine groups is 1. The number of hydrogen-bond acceptors (Lipinski definition) is 4. The van der Waals surface area contributed by atoms with Gasteiger partial charge in [0.15, 0.2) is 0 Å². The molecule has 0 bridgehead atoms. The zero-order chi connectivity index (χ0) is 45.0. The minimum atomic E-state index is -0.361. The third-order valence-electron chi connectivity index (χ3n) is 15.7. The first-order valence-corrected chi connectivity index (χ1v) is 26.0. The smallest absolute Gasteiger partial charge is 0.0456 e. The lowest BCUT2D eigenvalue weighted by Crippen LogP contribution is -2.38.